The van der Waals surface area contributed by atoms with Crippen LogP contribution in [0.3, 0.4) is 0 Å². The van der Waals surface area contributed by atoms with E-state index in [0.717, 1.165) is 30.4 Å². The van der Waals surface area contributed by atoms with Crippen molar-refractivity contribution >= 4 is 23.5 Å². The molecule has 142 valence electrons. The van der Waals surface area contributed by atoms with Crippen LogP contribution in [0.15, 0.2) is 48.7 Å². The summed E-state index contributed by atoms with van der Waals surface area (Å²) >= 11 is 0. The summed E-state index contributed by atoms with van der Waals surface area (Å²) in [7, 11) is 0. The van der Waals surface area contributed by atoms with E-state index in [4.69, 9.17) is 0 Å². The van der Waals surface area contributed by atoms with Gasteiger partial charge < -0.3 is 10.2 Å². The molecule has 1 aliphatic rings. The van der Waals surface area contributed by atoms with Crippen LogP contribution >= 0.6 is 0 Å². The van der Waals surface area contributed by atoms with E-state index in [9.17, 15) is 4.79 Å². The molecule has 0 aliphatic carbocycles. The molecule has 0 saturated carbocycles. The summed E-state index contributed by atoms with van der Waals surface area (Å²) in [4.78, 5) is 19.0. The van der Waals surface area contributed by atoms with E-state index in [-0.39, 0.29) is 5.91 Å². The minimum Gasteiger partial charge on any atom is -0.357 e. The van der Waals surface area contributed by atoms with E-state index in [0.29, 0.717) is 11.6 Å². The van der Waals surface area contributed by atoms with Gasteiger partial charge in [-0.05, 0) is 54.0 Å². The summed E-state index contributed by atoms with van der Waals surface area (Å²) in [5.74, 6) is 2.15. The van der Waals surface area contributed by atoms with Gasteiger partial charge in [-0.1, -0.05) is 45.0 Å². The van der Waals surface area contributed by atoms with Gasteiger partial charge in [0.1, 0.15) is 5.82 Å². The number of nitrogens with zero attached hydrogens (tertiary/aromatic N) is 2. The van der Waals surface area contributed by atoms with Gasteiger partial charge in [0.2, 0.25) is 5.91 Å². The third-order valence-electron chi connectivity index (χ3n) is 5.15. The van der Waals surface area contributed by atoms with Crippen LogP contribution in [0, 0.1) is 5.92 Å². The minimum atomic E-state index is -0.149. The van der Waals surface area contributed by atoms with Crippen molar-refractivity contribution in [1.29, 1.82) is 0 Å². The molecule has 4 nitrogen and oxygen atoms in total. The van der Waals surface area contributed by atoms with Gasteiger partial charge in [-0.25, -0.2) is 4.98 Å². The molecule has 27 heavy (non-hydrogen) atoms. The zero-order chi connectivity index (χ0) is 19.2. The first kappa shape index (κ1) is 19.2. The van der Waals surface area contributed by atoms with Crippen molar-refractivity contribution in [3.8, 4) is 0 Å². The van der Waals surface area contributed by atoms with Gasteiger partial charge in [0.05, 0.1) is 11.9 Å². The number of hydrogen-bond acceptors (Lipinski definition) is 3. The fraction of sp³-hybridized carbons (Fsp3) is 0.391. The molecule has 1 saturated heterocycles. The summed E-state index contributed by atoms with van der Waals surface area (Å²) in [5.41, 5.74) is 3.03. The van der Waals surface area contributed by atoms with E-state index in [1.807, 2.05) is 30.3 Å². The largest absolute Gasteiger partial charge is 0.357 e. The number of nitrogens with one attached hydrogen (secondary N) is 1. The van der Waals surface area contributed by atoms with Crippen LogP contribution in [0.5, 0.6) is 0 Å². The van der Waals surface area contributed by atoms with E-state index in [1.54, 1.807) is 12.3 Å². The third kappa shape index (κ3) is 5.43. The molecule has 1 amide bonds. The van der Waals surface area contributed by atoms with E-state index < -0.39 is 0 Å². The molecule has 2 aromatic rings. The summed E-state index contributed by atoms with van der Waals surface area (Å²) < 4.78 is 0. The normalized spacial score (nSPS) is 15.5. The number of rotatable bonds is 5. The quantitative estimate of drug-likeness (QED) is 0.752. The van der Waals surface area contributed by atoms with Crippen LogP contribution in [0.25, 0.3) is 6.08 Å². The molecule has 1 aromatic carbocycles. The molecule has 4 heteroatoms. The van der Waals surface area contributed by atoms with Crippen LogP contribution in [0.2, 0.25) is 0 Å². The molecule has 0 radical (unpaired) electrons. The maximum absolute atomic E-state index is 12.1. The van der Waals surface area contributed by atoms with Crippen LogP contribution in [-0.2, 0) is 4.79 Å². The second-order valence-corrected chi connectivity index (χ2v) is 7.72. The smallest absolute Gasteiger partial charge is 0.248 e. The predicted octanol–water partition coefficient (Wildman–Crippen LogP) is 5.09. The average molecular weight is 364 g/mol. The average Bonchev–Trinajstić information content (AvgIpc) is 2.68. The fourth-order valence-corrected chi connectivity index (χ4v) is 3.23. The first-order valence-electron chi connectivity index (χ1n) is 9.81. The number of carbonyl (C=O) groups is 1. The van der Waals surface area contributed by atoms with Gasteiger partial charge in [0.25, 0.3) is 0 Å². The van der Waals surface area contributed by atoms with Gasteiger partial charge in [0, 0.05) is 19.2 Å². The topological polar surface area (TPSA) is 45.2 Å². The number of benzene rings is 1. The molecule has 1 N–H and O–H groups in total. The van der Waals surface area contributed by atoms with Gasteiger partial charge in [0.15, 0.2) is 0 Å². The lowest BCUT2D eigenvalue weighted by Gasteiger charge is -2.31. The highest BCUT2D eigenvalue weighted by Crippen LogP contribution is 2.22. The number of piperidine rings is 1. The Kier molecular flexibility index (Phi) is 6.28. The Morgan fingerprint density at radius 3 is 2.44 bits per heavy atom. The van der Waals surface area contributed by atoms with Gasteiger partial charge in [-0.3, -0.25) is 4.79 Å². The lowest BCUT2D eigenvalue weighted by atomic mass is 9.99. The Balaban J connectivity index is 1.54. The number of anilines is 2. The Morgan fingerprint density at radius 2 is 1.85 bits per heavy atom. The van der Waals surface area contributed by atoms with Crippen molar-refractivity contribution in [3.05, 3.63) is 59.8 Å². The first-order chi connectivity index (χ1) is 13.0. The zero-order valence-electron chi connectivity index (χ0n) is 16.5. The maximum Gasteiger partial charge on any atom is 0.248 e. The molecule has 1 aromatic heterocycles. The summed E-state index contributed by atoms with van der Waals surface area (Å²) in [5, 5.41) is 2.87. The second-order valence-electron chi connectivity index (χ2n) is 7.72. The zero-order valence-corrected chi connectivity index (χ0v) is 16.5. The highest BCUT2D eigenvalue weighted by molar-refractivity contribution is 6.01. The Labute approximate surface area is 162 Å². The Morgan fingerprint density at radius 1 is 1.15 bits per heavy atom. The lowest BCUT2D eigenvalue weighted by Crippen LogP contribution is -2.33. The van der Waals surface area contributed by atoms with Crippen molar-refractivity contribution in [2.75, 3.05) is 23.3 Å². The number of pyridine rings is 1. The van der Waals surface area contributed by atoms with Crippen LogP contribution in [0.4, 0.5) is 11.5 Å². The molecular weight excluding hydrogens is 334 g/mol. The fourth-order valence-electron chi connectivity index (χ4n) is 3.23. The SMILES string of the molecule is CC1CCN(c2ccc(NC(=O)/C=C/c3ccc(C(C)C)cc3)cn2)CC1. The molecule has 2 heterocycles. The molecule has 0 bridgehead atoms. The molecule has 0 spiro atoms. The maximum atomic E-state index is 12.1. The van der Waals surface area contributed by atoms with Crippen molar-refractivity contribution in [2.24, 2.45) is 5.92 Å². The Hall–Kier alpha value is -2.62. The highest BCUT2D eigenvalue weighted by atomic mass is 16.1. The number of carbonyl (C=O) groups excluding carboxylic acids is 1. The van der Waals surface area contributed by atoms with Crippen LogP contribution in [0.1, 0.15) is 50.7 Å². The number of aromatic nitrogens is 1. The molecule has 3 rings (SSSR count). The minimum absolute atomic E-state index is 0.149. The molecular formula is C23H29N3O. The summed E-state index contributed by atoms with van der Waals surface area (Å²) in [6.07, 6.45) is 7.54. The van der Waals surface area contributed by atoms with Crippen molar-refractivity contribution in [3.63, 3.8) is 0 Å². The molecule has 1 fully saturated rings. The molecule has 1 aliphatic heterocycles. The van der Waals surface area contributed by atoms with E-state index in [2.05, 4.69) is 48.1 Å². The number of hydrogen-bond donors (Lipinski definition) is 1. The first-order valence-corrected chi connectivity index (χ1v) is 9.81. The highest BCUT2D eigenvalue weighted by Gasteiger charge is 2.16. The van der Waals surface area contributed by atoms with E-state index in [1.165, 1.54) is 18.4 Å². The summed E-state index contributed by atoms with van der Waals surface area (Å²) in [6.45, 7) is 8.75. The lowest BCUT2D eigenvalue weighted by molar-refractivity contribution is -0.111. The van der Waals surface area contributed by atoms with E-state index >= 15 is 0 Å². The van der Waals surface area contributed by atoms with Crippen molar-refractivity contribution < 1.29 is 4.79 Å². The second kappa shape index (κ2) is 8.85. The van der Waals surface area contributed by atoms with Crippen molar-refractivity contribution in [1.82, 2.24) is 4.98 Å². The summed E-state index contributed by atoms with van der Waals surface area (Å²) in [6, 6.07) is 12.2. The predicted molar refractivity (Wildman–Crippen MR) is 113 cm³/mol. The molecule has 0 unspecified atom stereocenters. The third-order valence-corrected chi connectivity index (χ3v) is 5.15. The Bertz CT molecular complexity index is 770. The van der Waals surface area contributed by atoms with Gasteiger partial charge in [-0.15, -0.1) is 0 Å². The number of amides is 1. The van der Waals surface area contributed by atoms with Gasteiger partial charge in [-0.2, -0.15) is 0 Å². The monoisotopic (exact) mass is 363 g/mol. The molecule has 0 atom stereocenters. The van der Waals surface area contributed by atoms with Crippen LogP contribution < -0.4 is 10.2 Å². The standard InChI is InChI=1S/C23H29N3O/c1-17(2)20-7-4-19(5-8-20)6-11-23(27)25-21-9-10-22(24-16-21)26-14-12-18(3)13-15-26/h4-11,16-18H,12-15H2,1-3H3,(H,25,27)/b11-6+. The van der Waals surface area contributed by atoms with Crippen molar-refractivity contribution in [2.45, 2.75) is 39.5 Å². The van der Waals surface area contributed by atoms with Gasteiger partial charge >= 0.3 is 0 Å². The van der Waals surface area contributed by atoms with Crippen LogP contribution in [-0.4, -0.2) is 24.0 Å².